The van der Waals surface area contributed by atoms with Crippen molar-refractivity contribution in [3.05, 3.63) is 47.5 Å². The van der Waals surface area contributed by atoms with E-state index in [0.29, 0.717) is 11.1 Å². The van der Waals surface area contributed by atoms with Crippen LogP contribution in [-0.2, 0) is 30.4 Å². The number of hydrogen-bond donors (Lipinski definition) is 5. The van der Waals surface area contributed by atoms with Gasteiger partial charge in [-0.2, -0.15) is 13.2 Å². The number of carboxylic acid groups (broad SMARTS) is 1. The summed E-state index contributed by atoms with van der Waals surface area (Å²) >= 11 is 0. The molecule has 2 aromatic carbocycles. The molecule has 4 bridgehead atoms. The number of ketones is 1. The smallest absolute Gasteiger partial charge is 0.446 e. The molecule has 7 N–H and O–H groups in total. The van der Waals surface area contributed by atoms with Gasteiger partial charge in [0.15, 0.2) is 12.3 Å². The van der Waals surface area contributed by atoms with Crippen molar-refractivity contribution in [2.75, 3.05) is 13.6 Å². The number of aromatic hydroxyl groups is 2. The van der Waals surface area contributed by atoms with Gasteiger partial charge in [-0.15, -0.1) is 0 Å². The number of alkyl halides is 3. The Morgan fingerprint density at radius 2 is 1.62 bits per heavy atom. The topological polar surface area (TPSA) is 189 Å². The van der Waals surface area contributed by atoms with Crippen LogP contribution in [0.25, 0.3) is 11.1 Å². The maximum Gasteiger partial charge on any atom is 0.446 e. The molecule has 2 amide bonds. The molecule has 0 saturated carbocycles. The van der Waals surface area contributed by atoms with Gasteiger partial charge in [0.1, 0.15) is 23.6 Å². The molecule has 0 saturated heterocycles. The number of phenolic OH excluding ortho intramolecular Hbond substituents is 2. The number of fused-ring (bicyclic) bond motifs is 5. The predicted molar refractivity (Wildman–Crippen MR) is 133 cm³/mol. The maximum absolute atomic E-state index is 13.3. The molecule has 216 valence electrons. The minimum atomic E-state index is -4.64. The van der Waals surface area contributed by atoms with Crippen molar-refractivity contribution in [2.45, 2.75) is 38.0 Å². The molecule has 14 heteroatoms. The van der Waals surface area contributed by atoms with Crippen LogP contribution in [0.2, 0.25) is 0 Å². The maximum atomic E-state index is 13.3. The highest BCUT2D eigenvalue weighted by atomic mass is 19.4. The Kier molecular flexibility index (Phi) is 10.4. The number of halogens is 3. The molecule has 40 heavy (non-hydrogen) atoms. The lowest BCUT2D eigenvalue weighted by atomic mass is 9.90. The zero-order chi connectivity index (χ0) is 30.4. The fraction of sp³-hybridized carbons (Fsp3) is 0.346. The Labute approximate surface area is 226 Å². The summed E-state index contributed by atoms with van der Waals surface area (Å²) in [5.41, 5.74) is 4.91. The number of benzene rings is 2. The largest absolute Gasteiger partial charge is 0.507 e. The molecule has 0 spiro atoms. The second-order valence-corrected chi connectivity index (χ2v) is 9.12. The van der Waals surface area contributed by atoms with Crippen molar-refractivity contribution in [1.82, 2.24) is 10.2 Å². The molecule has 0 fully saturated rings. The van der Waals surface area contributed by atoms with Crippen LogP contribution in [0.15, 0.2) is 36.4 Å². The quantitative estimate of drug-likeness (QED) is 0.339. The number of carbonyl (C=O) groups is 5. The molecule has 1 aliphatic heterocycles. The first-order valence-electron chi connectivity index (χ1n) is 11.9. The Hall–Kier alpha value is -4.46. The fourth-order valence-corrected chi connectivity index (χ4v) is 4.07. The third kappa shape index (κ3) is 8.02. The van der Waals surface area contributed by atoms with Crippen molar-refractivity contribution in [3.8, 4) is 22.6 Å². The number of nitrogens with one attached hydrogen (secondary N) is 1. The molecule has 1 aliphatic rings. The number of quaternary nitrogens is 1. The van der Waals surface area contributed by atoms with Crippen LogP contribution < -0.4 is 11.1 Å². The molecule has 11 nitrogen and oxygen atoms in total. The number of aliphatic carboxylic acids is 1. The van der Waals surface area contributed by atoms with Crippen molar-refractivity contribution < 1.29 is 58.2 Å². The average Bonchev–Trinajstić information content (AvgIpc) is 2.89. The van der Waals surface area contributed by atoms with Crippen LogP contribution in [0.4, 0.5) is 13.2 Å². The van der Waals surface area contributed by atoms with E-state index in [4.69, 9.17) is 4.79 Å². The third-order valence-corrected chi connectivity index (χ3v) is 6.13. The summed E-state index contributed by atoms with van der Waals surface area (Å²) in [5.74, 6) is -3.89. The van der Waals surface area contributed by atoms with E-state index in [1.54, 1.807) is 0 Å². The number of Topliss-reactive ketones (excluding diaryl/α,β-unsaturated/α-hetero) is 1. The Bertz CT molecular complexity index is 1300. The molecule has 3 atom stereocenters. The fourth-order valence-electron chi connectivity index (χ4n) is 4.07. The molecule has 1 heterocycles. The number of phenols is 2. The van der Waals surface area contributed by atoms with Crippen molar-refractivity contribution in [3.63, 3.8) is 0 Å². The van der Waals surface area contributed by atoms with Gasteiger partial charge in [0, 0.05) is 36.9 Å². The minimum absolute atomic E-state index is 0.0706. The Morgan fingerprint density at radius 3 is 2.15 bits per heavy atom. The number of likely N-dealkylation sites (N-methyl/N-ethyl adjacent to an activating group) is 1. The number of aldehydes is 1. The van der Waals surface area contributed by atoms with Gasteiger partial charge >= 0.3 is 12.1 Å². The molecule has 0 aromatic heterocycles. The van der Waals surface area contributed by atoms with E-state index >= 15 is 0 Å². The number of carboxylic acids is 1. The van der Waals surface area contributed by atoms with E-state index in [-0.39, 0.29) is 42.0 Å². The SMILES string of the molecule is C[C@@H]1CC(=O)[C@@H](N(C)C(=O)C[NH3+])c2ccc(O)c(c2)-c2cc(ccc2O)C[C@@H](C(=O)O)NC1=O.O=CC(F)(F)F. The van der Waals surface area contributed by atoms with Gasteiger partial charge in [-0.25, -0.2) is 4.79 Å². The van der Waals surface area contributed by atoms with Crippen LogP contribution in [0.3, 0.4) is 0 Å². The minimum Gasteiger partial charge on any atom is -0.507 e. The van der Waals surface area contributed by atoms with Crippen LogP contribution in [0.5, 0.6) is 11.5 Å². The van der Waals surface area contributed by atoms with E-state index < -0.39 is 54.0 Å². The summed E-state index contributed by atoms with van der Waals surface area (Å²) in [5, 5.41) is 33.1. The monoisotopic (exact) mass is 568 g/mol. The van der Waals surface area contributed by atoms with Gasteiger partial charge < -0.3 is 31.3 Å². The number of carbonyl (C=O) groups excluding carboxylic acids is 4. The number of nitrogens with zero attached hydrogens (tertiary/aromatic N) is 1. The first-order valence-corrected chi connectivity index (χ1v) is 11.9. The highest BCUT2D eigenvalue weighted by Crippen LogP contribution is 2.39. The first-order chi connectivity index (χ1) is 18.6. The van der Waals surface area contributed by atoms with E-state index in [2.05, 4.69) is 11.1 Å². The molecule has 0 radical (unpaired) electrons. The van der Waals surface area contributed by atoms with Gasteiger partial charge in [0.05, 0.1) is 0 Å². The standard InChI is InChI=1S/C24H27N3O7.C2HF3O/c1-12-7-20(30)22(27(2)21(31)11-25)14-4-6-19(29)16(10-14)15-8-13(3-5-18(15)28)9-17(24(33)34)26-23(12)32;3-2(4,5)1-6/h3-6,8,10,12,17,22,28-29H,7,9,11,25H2,1-2H3,(H,26,32)(H,33,34);1H/p+1/t12-,17+,22+;/m1./s1. The van der Waals surface area contributed by atoms with Gasteiger partial charge in [0.2, 0.25) is 12.2 Å². The van der Waals surface area contributed by atoms with E-state index in [1.165, 1.54) is 55.3 Å². The van der Waals surface area contributed by atoms with Crippen LogP contribution in [-0.4, -0.2) is 75.9 Å². The van der Waals surface area contributed by atoms with E-state index in [0.717, 1.165) is 0 Å². The lowest BCUT2D eigenvalue weighted by molar-refractivity contribution is -0.357. The summed E-state index contributed by atoms with van der Waals surface area (Å²) < 4.78 is 31.2. The summed E-state index contributed by atoms with van der Waals surface area (Å²) in [6, 6.07) is 6.45. The summed E-state index contributed by atoms with van der Waals surface area (Å²) in [6.45, 7) is 1.42. The number of hydrogen-bond acceptors (Lipinski definition) is 7. The van der Waals surface area contributed by atoms with Crippen molar-refractivity contribution in [1.29, 1.82) is 0 Å². The Morgan fingerprint density at radius 1 is 1.07 bits per heavy atom. The number of rotatable bonds is 3. The first kappa shape index (κ1) is 31.8. The summed E-state index contributed by atoms with van der Waals surface area (Å²) in [4.78, 5) is 60.2. The molecular weight excluding hydrogens is 539 g/mol. The average molecular weight is 569 g/mol. The zero-order valence-corrected chi connectivity index (χ0v) is 21.6. The van der Waals surface area contributed by atoms with Gasteiger partial charge in [0.25, 0.3) is 5.91 Å². The highest BCUT2D eigenvalue weighted by Gasteiger charge is 2.33. The molecular formula is C26H29F3N3O8+. The normalized spacial score (nSPS) is 19.3. The highest BCUT2D eigenvalue weighted by molar-refractivity contribution is 5.94. The van der Waals surface area contributed by atoms with Crippen molar-refractivity contribution >= 4 is 29.9 Å². The molecule has 3 rings (SSSR count). The number of amides is 2. The van der Waals surface area contributed by atoms with Gasteiger partial charge in [-0.05, 0) is 35.4 Å². The van der Waals surface area contributed by atoms with Gasteiger partial charge in [-0.3, -0.25) is 19.2 Å². The second kappa shape index (κ2) is 13.1. The molecule has 0 aliphatic carbocycles. The predicted octanol–water partition coefficient (Wildman–Crippen LogP) is 0.975. The zero-order valence-electron chi connectivity index (χ0n) is 21.6. The molecule has 0 unspecified atom stereocenters. The lowest BCUT2D eigenvalue weighted by Crippen LogP contribution is -2.58. The second-order valence-electron chi connectivity index (χ2n) is 9.12. The third-order valence-electron chi connectivity index (χ3n) is 6.13. The lowest BCUT2D eigenvalue weighted by Gasteiger charge is -2.28. The van der Waals surface area contributed by atoms with Crippen molar-refractivity contribution in [2.24, 2.45) is 5.92 Å². The van der Waals surface area contributed by atoms with Crippen LogP contribution in [0.1, 0.15) is 30.5 Å². The summed E-state index contributed by atoms with van der Waals surface area (Å²) in [7, 11) is 1.45. The Balaban J connectivity index is 0.000000840. The van der Waals surface area contributed by atoms with Gasteiger partial charge in [-0.1, -0.05) is 19.1 Å². The summed E-state index contributed by atoms with van der Waals surface area (Å²) in [6.07, 6.45) is -6.02. The van der Waals surface area contributed by atoms with Crippen LogP contribution in [0, 0.1) is 5.92 Å². The van der Waals surface area contributed by atoms with E-state index in [1.807, 2.05) is 0 Å². The van der Waals surface area contributed by atoms with E-state index in [9.17, 15) is 47.7 Å². The molecule has 2 aromatic rings. The van der Waals surface area contributed by atoms with Crippen LogP contribution >= 0.6 is 0 Å².